The fraction of sp³-hybridized carbons (Fsp3) is 0.353. The summed E-state index contributed by atoms with van der Waals surface area (Å²) < 4.78 is 26.2. The number of amides is 1. The molecule has 1 heterocycles. The number of aryl methyl sites for hydroxylation is 1. The molecule has 1 atom stereocenters. The summed E-state index contributed by atoms with van der Waals surface area (Å²) >= 11 is 0. The molecule has 1 aliphatic rings. The second-order valence-electron chi connectivity index (χ2n) is 6.20. The minimum Gasteiger partial charge on any atom is -0.348 e. The molecule has 0 bridgehead atoms. The van der Waals surface area contributed by atoms with Crippen LogP contribution in [-0.4, -0.2) is 30.9 Å². The zero-order valence-electron chi connectivity index (χ0n) is 13.5. The summed E-state index contributed by atoms with van der Waals surface area (Å²) in [6, 6.07) is 8.05. The lowest BCUT2D eigenvalue weighted by molar-refractivity contribution is 0.0933. The average Bonchev–Trinajstić information content (AvgIpc) is 3.27. The molecule has 6 nitrogen and oxygen atoms in total. The third-order valence-electron chi connectivity index (χ3n) is 4.29. The number of nitrogens with zero attached hydrogens (tertiary/aromatic N) is 1. The van der Waals surface area contributed by atoms with Crippen LogP contribution in [0.3, 0.4) is 0 Å². The molecule has 1 fully saturated rings. The van der Waals surface area contributed by atoms with Crippen molar-refractivity contribution in [1.82, 2.24) is 9.29 Å². The van der Waals surface area contributed by atoms with Gasteiger partial charge in [0.25, 0.3) is 15.9 Å². The van der Waals surface area contributed by atoms with Gasteiger partial charge in [0.15, 0.2) is 0 Å². The highest BCUT2D eigenvalue weighted by Gasteiger charge is 2.31. The van der Waals surface area contributed by atoms with E-state index >= 15 is 0 Å². The van der Waals surface area contributed by atoms with Gasteiger partial charge in [-0.2, -0.15) is 0 Å². The van der Waals surface area contributed by atoms with Crippen LogP contribution in [0.1, 0.15) is 28.8 Å². The van der Waals surface area contributed by atoms with E-state index in [1.807, 2.05) is 6.92 Å². The zero-order valence-corrected chi connectivity index (χ0v) is 14.3. The molecule has 128 valence electrons. The summed E-state index contributed by atoms with van der Waals surface area (Å²) in [5.41, 5.74) is 6.98. The van der Waals surface area contributed by atoms with Crippen molar-refractivity contribution in [2.75, 3.05) is 6.54 Å². The highest BCUT2D eigenvalue weighted by atomic mass is 32.2. The third kappa shape index (κ3) is 3.37. The van der Waals surface area contributed by atoms with Gasteiger partial charge in [0.1, 0.15) is 0 Å². The monoisotopic (exact) mass is 347 g/mol. The van der Waals surface area contributed by atoms with Crippen LogP contribution in [0, 0.1) is 12.8 Å². The molecule has 1 aliphatic carbocycles. The number of nitrogens with two attached hydrogens (primary N) is 1. The maximum Gasteiger partial charge on any atom is 0.267 e. The summed E-state index contributed by atoms with van der Waals surface area (Å²) in [7, 11) is -3.69. The van der Waals surface area contributed by atoms with E-state index in [4.69, 9.17) is 5.73 Å². The normalized spacial score (nSPS) is 15.9. The van der Waals surface area contributed by atoms with Crippen molar-refractivity contribution in [3.8, 4) is 0 Å². The van der Waals surface area contributed by atoms with Crippen LogP contribution in [0.5, 0.6) is 0 Å². The highest BCUT2D eigenvalue weighted by molar-refractivity contribution is 7.90. The first-order chi connectivity index (χ1) is 11.4. The average molecular weight is 347 g/mol. The van der Waals surface area contributed by atoms with Gasteiger partial charge in [-0.15, -0.1) is 0 Å². The smallest absolute Gasteiger partial charge is 0.267 e. The standard InChI is InChI=1S/C17H21N3O3S/c1-12-2-6-15(7-3-12)24(22,23)20-9-8-14(11-20)17(21)19-16(10-18)13-4-5-13/h2-3,6-9,11,13,16H,4-5,10,18H2,1H3,(H,19,21). The predicted molar refractivity (Wildman–Crippen MR) is 91.2 cm³/mol. The van der Waals surface area contributed by atoms with Crippen molar-refractivity contribution in [3.05, 3.63) is 53.9 Å². The molecule has 0 aliphatic heterocycles. The molecule has 24 heavy (non-hydrogen) atoms. The molecule has 0 radical (unpaired) electrons. The van der Waals surface area contributed by atoms with Gasteiger partial charge in [-0.05, 0) is 43.9 Å². The third-order valence-corrected chi connectivity index (χ3v) is 5.94. The van der Waals surface area contributed by atoms with Crippen molar-refractivity contribution >= 4 is 15.9 Å². The Morgan fingerprint density at radius 2 is 1.96 bits per heavy atom. The summed E-state index contributed by atoms with van der Waals surface area (Å²) in [5, 5.41) is 2.88. The Hall–Kier alpha value is -2.12. The van der Waals surface area contributed by atoms with E-state index in [0.717, 1.165) is 22.4 Å². The molecule has 0 spiro atoms. The summed E-state index contributed by atoms with van der Waals surface area (Å²) in [4.78, 5) is 12.5. The van der Waals surface area contributed by atoms with Gasteiger partial charge in [0, 0.05) is 25.0 Å². The SMILES string of the molecule is Cc1ccc(S(=O)(=O)n2ccc(C(=O)NC(CN)C3CC3)c2)cc1. The van der Waals surface area contributed by atoms with Gasteiger partial charge >= 0.3 is 0 Å². The van der Waals surface area contributed by atoms with E-state index in [1.54, 1.807) is 24.3 Å². The van der Waals surface area contributed by atoms with Crippen LogP contribution >= 0.6 is 0 Å². The van der Waals surface area contributed by atoms with Gasteiger partial charge in [-0.25, -0.2) is 12.4 Å². The lowest BCUT2D eigenvalue weighted by Gasteiger charge is -2.15. The van der Waals surface area contributed by atoms with E-state index in [9.17, 15) is 13.2 Å². The first-order valence-electron chi connectivity index (χ1n) is 7.93. The Labute approximate surface area is 141 Å². The molecule has 0 saturated heterocycles. The summed E-state index contributed by atoms with van der Waals surface area (Å²) in [6.45, 7) is 2.28. The second kappa shape index (κ2) is 6.41. The van der Waals surface area contributed by atoms with Gasteiger partial charge in [0.2, 0.25) is 0 Å². The Bertz CT molecular complexity index is 836. The number of carbonyl (C=O) groups excluding carboxylic acids is 1. The summed E-state index contributed by atoms with van der Waals surface area (Å²) in [5.74, 6) is 0.146. The van der Waals surface area contributed by atoms with Gasteiger partial charge < -0.3 is 11.1 Å². The topological polar surface area (TPSA) is 94.2 Å². The van der Waals surface area contributed by atoms with Gasteiger partial charge in [-0.3, -0.25) is 4.79 Å². The van der Waals surface area contributed by atoms with Crippen LogP contribution in [0.15, 0.2) is 47.6 Å². The Balaban J connectivity index is 1.79. The molecule has 7 heteroatoms. The van der Waals surface area contributed by atoms with E-state index in [2.05, 4.69) is 5.32 Å². The number of benzene rings is 1. The fourth-order valence-electron chi connectivity index (χ4n) is 2.61. The minimum atomic E-state index is -3.69. The molecule has 1 saturated carbocycles. The number of rotatable bonds is 6. The number of hydrogen-bond acceptors (Lipinski definition) is 4. The molecule has 1 unspecified atom stereocenters. The van der Waals surface area contributed by atoms with Gasteiger partial charge in [-0.1, -0.05) is 17.7 Å². The number of hydrogen-bond donors (Lipinski definition) is 2. The molecule has 3 N–H and O–H groups in total. The number of nitrogens with one attached hydrogen (secondary N) is 1. The van der Waals surface area contributed by atoms with Gasteiger partial charge in [0.05, 0.1) is 10.5 Å². The highest BCUT2D eigenvalue weighted by Crippen LogP contribution is 2.32. The first kappa shape index (κ1) is 16.7. The molecular weight excluding hydrogens is 326 g/mol. The molecule has 1 aromatic heterocycles. The zero-order chi connectivity index (χ0) is 17.3. The van der Waals surface area contributed by atoms with E-state index < -0.39 is 10.0 Å². The van der Waals surface area contributed by atoms with Crippen LogP contribution in [-0.2, 0) is 10.0 Å². The number of aromatic nitrogens is 1. The molecule has 1 aromatic carbocycles. The Morgan fingerprint density at radius 1 is 1.29 bits per heavy atom. The van der Waals surface area contributed by atoms with Crippen LogP contribution < -0.4 is 11.1 Å². The Kier molecular flexibility index (Phi) is 4.47. The molecule has 1 amide bonds. The van der Waals surface area contributed by atoms with E-state index in [0.29, 0.717) is 18.0 Å². The fourth-order valence-corrected chi connectivity index (χ4v) is 3.81. The van der Waals surface area contributed by atoms with E-state index in [1.165, 1.54) is 18.5 Å². The lowest BCUT2D eigenvalue weighted by Crippen LogP contribution is -2.41. The minimum absolute atomic E-state index is 0.0467. The second-order valence-corrected chi connectivity index (χ2v) is 8.04. The maximum absolute atomic E-state index is 12.6. The quantitative estimate of drug-likeness (QED) is 0.828. The lowest BCUT2D eigenvalue weighted by atomic mass is 10.2. The Morgan fingerprint density at radius 3 is 2.54 bits per heavy atom. The molecule has 2 aromatic rings. The molecule has 3 rings (SSSR count). The van der Waals surface area contributed by atoms with Crippen molar-refractivity contribution < 1.29 is 13.2 Å². The molecular formula is C17H21N3O3S. The predicted octanol–water partition coefficient (Wildman–Crippen LogP) is 1.50. The van der Waals surface area contributed by atoms with Crippen LogP contribution in [0.2, 0.25) is 0 Å². The van der Waals surface area contributed by atoms with Crippen molar-refractivity contribution in [2.24, 2.45) is 11.7 Å². The number of carbonyl (C=O) groups is 1. The van der Waals surface area contributed by atoms with Crippen LogP contribution in [0.25, 0.3) is 0 Å². The van der Waals surface area contributed by atoms with Crippen molar-refractivity contribution in [2.45, 2.75) is 30.7 Å². The van der Waals surface area contributed by atoms with Crippen molar-refractivity contribution in [3.63, 3.8) is 0 Å². The van der Waals surface area contributed by atoms with Crippen molar-refractivity contribution in [1.29, 1.82) is 0 Å². The first-order valence-corrected chi connectivity index (χ1v) is 9.37. The maximum atomic E-state index is 12.6. The van der Waals surface area contributed by atoms with Crippen LogP contribution in [0.4, 0.5) is 0 Å². The van der Waals surface area contributed by atoms with E-state index in [-0.39, 0.29) is 16.8 Å². The summed E-state index contributed by atoms with van der Waals surface area (Å²) in [6.07, 6.45) is 4.87. The largest absolute Gasteiger partial charge is 0.348 e.